The Bertz CT molecular complexity index is 1100. The Morgan fingerprint density at radius 3 is 1.92 bits per heavy atom. The molecule has 1 atom stereocenters. The van der Waals surface area contributed by atoms with Gasteiger partial charge < -0.3 is 10.2 Å². The van der Waals surface area contributed by atoms with Crippen molar-refractivity contribution in [2.24, 2.45) is 0 Å². The van der Waals surface area contributed by atoms with Gasteiger partial charge in [-0.3, -0.25) is 9.59 Å². The molecular formula is C30H32Cl2N2O2. The summed E-state index contributed by atoms with van der Waals surface area (Å²) in [7, 11) is 0. The molecule has 0 heterocycles. The fourth-order valence-corrected chi connectivity index (χ4v) is 5.44. The maximum absolute atomic E-state index is 14.0. The summed E-state index contributed by atoms with van der Waals surface area (Å²) < 4.78 is 0. The number of carbonyl (C=O) groups excluding carboxylic acids is 2. The first kappa shape index (κ1) is 26.2. The van der Waals surface area contributed by atoms with Crippen molar-refractivity contribution in [3.05, 3.63) is 106 Å². The van der Waals surface area contributed by atoms with E-state index in [1.54, 1.807) is 30.0 Å². The molecule has 1 saturated carbocycles. The Morgan fingerprint density at radius 2 is 1.39 bits per heavy atom. The largest absolute Gasteiger partial charge is 0.352 e. The van der Waals surface area contributed by atoms with E-state index in [1.807, 2.05) is 60.7 Å². The van der Waals surface area contributed by atoms with E-state index in [9.17, 15) is 9.59 Å². The second-order valence-corrected chi connectivity index (χ2v) is 10.3. The van der Waals surface area contributed by atoms with E-state index in [4.69, 9.17) is 23.2 Å². The van der Waals surface area contributed by atoms with Gasteiger partial charge in [0.25, 0.3) is 0 Å². The number of carbonyl (C=O) groups is 2. The van der Waals surface area contributed by atoms with Crippen molar-refractivity contribution in [3.8, 4) is 0 Å². The summed E-state index contributed by atoms with van der Waals surface area (Å²) in [6.45, 7) is 1.94. The van der Waals surface area contributed by atoms with Crippen LogP contribution >= 0.6 is 23.2 Å². The van der Waals surface area contributed by atoms with E-state index < -0.39 is 6.04 Å². The van der Waals surface area contributed by atoms with Crippen molar-refractivity contribution in [1.82, 2.24) is 10.2 Å². The monoisotopic (exact) mass is 522 g/mol. The van der Waals surface area contributed by atoms with Crippen LogP contribution < -0.4 is 5.32 Å². The lowest BCUT2D eigenvalue weighted by atomic mass is 9.88. The minimum absolute atomic E-state index is 0.127. The lowest BCUT2D eigenvalue weighted by Crippen LogP contribution is -2.50. The lowest BCUT2D eigenvalue weighted by molar-refractivity contribution is -0.141. The summed E-state index contributed by atoms with van der Waals surface area (Å²) in [6.07, 6.45) is 4.41. The van der Waals surface area contributed by atoms with Crippen LogP contribution in [0.5, 0.6) is 0 Å². The highest BCUT2D eigenvalue weighted by molar-refractivity contribution is 6.36. The Kier molecular flexibility index (Phi) is 9.06. The van der Waals surface area contributed by atoms with Crippen LogP contribution in [0.15, 0.2) is 78.9 Å². The van der Waals surface area contributed by atoms with Crippen molar-refractivity contribution in [1.29, 1.82) is 0 Å². The third-order valence-corrected chi connectivity index (χ3v) is 7.75. The van der Waals surface area contributed by atoms with E-state index in [1.165, 1.54) is 0 Å². The first-order valence-electron chi connectivity index (χ1n) is 12.6. The molecule has 36 heavy (non-hydrogen) atoms. The van der Waals surface area contributed by atoms with E-state index in [0.29, 0.717) is 15.6 Å². The fraction of sp³-hybridized carbons (Fsp3) is 0.333. The van der Waals surface area contributed by atoms with Crippen LogP contribution in [0.3, 0.4) is 0 Å². The average molecular weight is 524 g/mol. The second kappa shape index (κ2) is 12.4. The second-order valence-electron chi connectivity index (χ2n) is 9.47. The summed E-state index contributed by atoms with van der Waals surface area (Å²) >= 11 is 12.9. The lowest BCUT2D eigenvalue weighted by Gasteiger charge is -2.31. The predicted octanol–water partition coefficient (Wildman–Crippen LogP) is 6.99. The smallest absolute Gasteiger partial charge is 0.242 e. The van der Waals surface area contributed by atoms with Crippen LogP contribution in [-0.4, -0.2) is 28.8 Å². The van der Waals surface area contributed by atoms with Gasteiger partial charge in [-0.05, 0) is 43.0 Å². The van der Waals surface area contributed by atoms with Crippen LogP contribution in [0.25, 0.3) is 0 Å². The van der Waals surface area contributed by atoms with Gasteiger partial charge >= 0.3 is 0 Å². The Hall–Kier alpha value is -2.82. The molecule has 0 aromatic heterocycles. The molecular weight excluding hydrogens is 491 g/mol. The average Bonchev–Trinajstić information content (AvgIpc) is 3.41. The molecule has 3 aromatic carbocycles. The molecule has 1 aliphatic rings. The van der Waals surface area contributed by atoms with Gasteiger partial charge in [-0.1, -0.05) is 103 Å². The summed E-state index contributed by atoms with van der Waals surface area (Å²) in [4.78, 5) is 28.9. The number of amides is 2. The van der Waals surface area contributed by atoms with Crippen molar-refractivity contribution in [2.75, 3.05) is 0 Å². The van der Waals surface area contributed by atoms with Gasteiger partial charge in [-0.2, -0.15) is 0 Å². The molecule has 188 valence electrons. The SMILES string of the molecule is C[C@@H](C(=O)NC1CCCC1)N(Cc1c(Cl)cccc1Cl)C(=O)CC(c1ccccc1)c1ccccc1. The molecule has 0 spiro atoms. The molecule has 0 radical (unpaired) electrons. The minimum Gasteiger partial charge on any atom is -0.352 e. The first-order valence-corrected chi connectivity index (χ1v) is 13.3. The number of nitrogens with one attached hydrogen (secondary N) is 1. The van der Waals surface area contributed by atoms with E-state index in [0.717, 1.165) is 36.8 Å². The Morgan fingerprint density at radius 1 is 0.861 bits per heavy atom. The van der Waals surface area contributed by atoms with Gasteiger partial charge in [0.1, 0.15) is 6.04 Å². The Balaban J connectivity index is 1.63. The molecule has 0 aliphatic heterocycles. The van der Waals surface area contributed by atoms with Gasteiger partial charge in [0.2, 0.25) is 11.8 Å². The fourth-order valence-electron chi connectivity index (χ4n) is 4.92. The molecule has 3 aromatic rings. The van der Waals surface area contributed by atoms with Crippen molar-refractivity contribution in [3.63, 3.8) is 0 Å². The van der Waals surface area contributed by atoms with Gasteiger partial charge in [0, 0.05) is 40.5 Å². The molecule has 0 unspecified atom stereocenters. The molecule has 0 bridgehead atoms. The maximum Gasteiger partial charge on any atom is 0.242 e. The minimum atomic E-state index is -0.669. The van der Waals surface area contributed by atoms with Crippen molar-refractivity contribution < 1.29 is 9.59 Å². The summed E-state index contributed by atoms with van der Waals surface area (Å²) in [5.74, 6) is -0.415. The maximum atomic E-state index is 14.0. The molecule has 6 heteroatoms. The Labute approximate surface area is 223 Å². The van der Waals surface area contributed by atoms with Crippen LogP contribution in [0, 0.1) is 0 Å². The van der Waals surface area contributed by atoms with Gasteiger partial charge in [-0.25, -0.2) is 0 Å². The van der Waals surface area contributed by atoms with Gasteiger partial charge in [0.05, 0.1) is 0 Å². The highest BCUT2D eigenvalue weighted by atomic mass is 35.5. The number of nitrogens with zero attached hydrogens (tertiary/aromatic N) is 1. The molecule has 2 amide bonds. The van der Waals surface area contributed by atoms with Crippen LogP contribution in [0.1, 0.15) is 61.6 Å². The molecule has 1 aliphatic carbocycles. The van der Waals surface area contributed by atoms with E-state index >= 15 is 0 Å². The number of halogens is 2. The van der Waals surface area contributed by atoms with Crippen LogP contribution in [0.4, 0.5) is 0 Å². The predicted molar refractivity (Wildman–Crippen MR) is 146 cm³/mol. The van der Waals surface area contributed by atoms with Crippen LogP contribution in [0.2, 0.25) is 10.0 Å². The van der Waals surface area contributed by atoms with Gasteiger partial charge in [-0.15, -0.1) is 0 Å². The quantitative estimate of drug-likeness (QED) is 0.329. The topological polar surface area (TPSA) is 49.4 Å². The molecule has 1 N–H and O–H groups in total. The summed E-state index contributed by atoms with van der Waals surface area (Å²) in [5, 5.41) is 4.10. The number of rotatable bonds is 9. The summed E-state index contributed by atoms with van der Waals surface area (Å²) in [5.41, 5.74) is 2.75. The molecule has 4 rings (SSSR count). The van der Waals surface area contributed by atoms with Crippen LogP contribution in [-0.2, 0) is 16.1 Å². The van der Waals surface area contributed by atoms with Crippen molar-refractivity contribution in [2.45, 2.75) is 63.6 Å². The molecule has 0 saturated heterocycles. The molecule has 4 nitrogen and oxygen atoms in total. The standard InChI is InChI=1S/C30H32Cl2N2O2/c1-21(30(36)33-24-15-8-9-16-24)34(20-26-27(31)17-10-18-28(26)32)29(35)19-25(22-11-4-2-5-12-22)23-13-6-3-7-14-23/h2-7,10-14,17-18,21,24-25H,8-9,15-16,19-20H2,1H3,(H,33,36)/t21-/m0/s1. The zero-order valence-corrected chi connectivity index (χ0v) is 22.0. The van der Waals surface area contributed by atoms with E-state index in [2.05, 4.69) is 5.32 Å². The highest BCUT2D eigenvalue weighted by Crippen LogP contribution is 2.31. The van der Waals surface area contributed by atoms with Gasteiger partial charge in [0.15, 0.2) is 0 Å². The normalized spacial score (nSPS) is 14.6. The van der Waals surface area contributed by atoms with E-state index in [-0.39, 0.29) is 36.7 Å². The third kappa shape index (κ3) is 6.48. The summed E-state index contributed by atoms with van der Waals surface area (Å²) in [6, 6.07) is 24.8. The number of benzene rings is 3. The third-order valence-electron chi connectivity index (χ3n) is 7.04. The highest BCUT2D eigenvalue weighted by Gasteiger charge is 2.31. The number of hydrogen-bond donors (Lipinski definition) is 1. The molecule has 1 fully saturated rings. The number of hydrogen-bond acceptors (Lipinski definition) is 2. The first-order chi connectivity index (χ1) is 17.4. The zero-order chi connectivity index (χ0) is 25.5. The zero-order valence-electron chi connectivity index (χ0n) is 20.5. The van der Waals surface area contributed by atoms with Crippen molar-refractivity contribution >= 4 is 35.0 Å².